The number of carbonyl (C=O) groups excluding carboxylic acids is 1. The summed E-state index contributed by atoms with van der Waals surface area (Å²) in [6.07, 6.45) is 9.05. The summed E-state index contributed by atoms with van der Waals surface area (Å²) < 4.78 is 3.15. The van der Waals surface area contributed by atoms with Crippen LogP contribution in [0, 0.1) is 5.92 Å². The summed E-state index contributed by atoms with van der Waals surface area (Å²) in [5.41, 5.74) is 0.800. The summed E-state index contributed by atoms with van der Waals surface area (Å²) in [6, 6.07) is 7.58. The summed E-state index contributed by atoms with van der Waals surface area (Å²) >= 11 is 4.85. The van der Waals surface area contributed by atoms with Crippen LogP contribution in [0.3, 0.4) is 0 Å². The molecule has 1 amide bonds. The Morgan fingerprint density at radius 1 is 1.22 bits per heavy atom. The van der Waals surface area contributed by atoms with Crippen LogP contribution in [0.5, 0.6) is 0 Å². The summed E-state index contributed by atoms with van der Waals surface area (Å²) in [5.74, 6) is 2.20. The summed E-state index contributed by atoms with van der Waals surface area (Å²) in [5, 5.41) is 12.5. The third-order valence-electron chi connectivity index (χ3n) is 5.07. The van der Waals surface area contributed by atoms with E-state index in [1.165, 1.54) is 50.3 Å². The van der Waals surface area contributed by atoms with Crippen LogP contribution in [0.2, 0.25) is 0 Å². The van der Waals surface area contributed by atoms with Gasteiger partial charge in [-0.2, -0.15) is 0 Å². The minimum atomic E-state index is -0.0308. The van der Waals surface area contributed by atoms with E-state index in [4.69, 9.17) is 0 Å². The molecule has 0 aliphatic heterocycles. The van der Waals surface area contributed by atoms with Gasteiger partial charge < -0.3 is 9.88 Å². The average Bonchev–Trinajstić information content (AvgIpc) is 3.09. The first-order valence-electron chi connectivity index (χ1n) is 9.76. The van der Waals surface area contributed by atoms with Crippen LogP contribution in [0.1, 0.15) is 51.3 Å². The lowest BCUT2D eigenvalue weighted by molar-refractivity contribution is -0.113. The maximum absolute atomic E-state index is 12.2. The molecule has 0 unspecified atom stereocenters. The molecule has 27 heavy (non-hydrogen) atoms. The van der Waals surface area contributed by atoms with Gasteiger partial charge in [0.25, 0.3) is 0 Å². The summed E-state index contributed by atoms with van der Waals surface area (Å²) in [6.45, 7) is 2.95. The maximum Gasteiger partial charge on any atom is 0.234 e. The van der Waals surface area contributed by atoms with Crippen molar-refractivity contribution in [3.05, 3.63) is 34.6 Å². The van der Waals surface area contributed by atoms with Gasteiger partial charge in [-0.05, 0) is 43.5 Å². The van der Waals surface area contributed by atoms with Crippen molar-refractivity contribution in [2.75, 3.05) is 11.1 Å². The lowest BCUT2D eigenvalue weighted by Crippen LogP contribution is -2.15. The number of rotatable bonds is 8. The molecule has 1 aromatic heterocycles. The molecule has 7 heteroatoms. The van der Waals surface area contributed by atoms with Crippen LogP contribution in [0.25, 0.3) is 0 Å². The SMILES string of the molecule is CCn1c(CCC2CCCCC2)nnc1SCC(=O)Nc1ccc(Br)cc1. The molecule has 0 bridgehead atoms. The number of aromatic nitrogens is 3. The quantitative estimate of drug-likeness (QED) is 0.553. The molecule has 1 aromatic carbocycles. The normalized spacial score (nSPS) is 15.0. The zero-order valence-electron chi connectivity index (χ0n) is 15.8. The fourth-order valence-electron chi connectivity index (χ4n) is 3.60. The van der Waals surface area contributed by atoms with Crippen molar-refractivity contribution >= 4 is 39.3 Å². The molecule has 1 heterocycles. The molecule has 0 saturated heterocycles. The second kappa shape index (κ2) is 10.3. The van der Waals surface area contributed by atoms with Crippen LogP contribution >= 0.6 is 27.7 Å². The Morgan fingerprint density at radius 3 is 2.67 bits per heavy atom. The molecular formula is C20H27BrN4OS. The van der Waals surface area contributed by atoms with E-state index < -0.39 is 0 Å². The predicted octanol–water partition coefficient (Wildman–Crippen LogP) is 5.30. The molecule has 1 saturated carbocycles. The molecule has 1 N–H and O–H groups in total. The van der Waals surface area contributed by atoms with Crippen molar-refractivity contribution < 1.29 is 4.79 Å². The van der Waals surface area contributed by atoms with E-state index in [0.717, 1.165) is 40.0 Å². The fourth-order valence-corrected chi connectivity index (χ4v) is 4.68. The highest BCUT2D eigenvalue weighted by molar-refractivity contribution is 9.10. The Bertz CT molecular complexity index is 741. The van der Waals surface area contributed by atoms with Gasteiger partial charge >= 0.3 is 0 Å². The van der Waals surface area contributed by atoms with E-state index in [-0.39, 0.29) is 5.91 Å². The lowest BCUT2D eigenvalue weighted by atomic mass is 9.86. The van der Waals surface area contributed by atoms with Gasteiger partial charge in [-0.1, -0.05) is 59.8 Å². The molecule has 0 spiro atoms. The summed E-state index contributed by atoms with van der Waals surface area (Å²) in [7, 11) is 0. The lowest BCUT2D eigenvalue weighted by Gasteiger charge is -2.21. The Morgan fingerprint density at radius 2 is 1.96 bits per heavy atom. The van der Waals surface area contributed by atoms with Crippen LogP contribution in [-0.4, -0.2) is 26.4 Å². The van der Waals surface area contributed by atoms with E-state index in [9.17, 15) is 4.79 Å². The molecule has 3 rings (SSSR count). The smallest absolute Gasteiger partial charge is 0.234 e. The Kier molecular flexibility index (Phi) is 7.76. The fraction of sp³-hybridized carbons (Fsp3) is 0.550. The van der Waals surface area contributed by atoms with Crippen molar-refractivity contribution in [3.8, 4) is 0 Å². The molecule has 2 aromatic rings. The van der Waals surface area contributed by atoms with Crippen LogP contribution in [-0.2, 0) is 17.8 Å². The van der Waals surface area contributed by atoms with E-state index in [1.807, 2.05) is 24.3 Å². The zero-order valence-corrected chi connectivity index (χ0v) is 18.2. The molecule has 1 aliphatic rings. The second-order valence-corrected chi connectivity index (χ2v) is 8.89. The third-order valence-corrected chi connectivity index (χ3v) is 6.57. The highest BCUT2D eigenvalue weighted by Gasteiger charge is 2.17. The molecule has 1 aliphatic carbocycles. The minimum Gasteiger partial charge on any atom is -0.325 e. The molecule has 146 valence electrons. The van der Waals surface area contributed by atoms with Crippen molar-refractivity contribution in [2.24, 2.45) is 5.92 Å². The van der Waals surface area contributed by atoms with E-state index in [0.29, 0.717) is 5.75 Å². The van der Waals surface area contributed by atoms with Crippen molar-refractivity contribution in [1.29, 1.82) is 0 Å². The number of halogens is 1. The van der Waals surface area contributed by atoms with Crippen LogP contribution < -0.4 is 5.32 Å². The van der Waals surface area contributed by atoms with E-state index in [2.05, 4.69) is 42.9 Å². The summed E-state index contributed by atoms with van der Waals surface area (Å²) in [4.78, 5) is 12.2. The maximum atomic E-state index is 12.2. The number of aryl methyl sites for hydroxylation is 1. The van der Waals surface area contributed by atoms with E-state index >= 15 is 0 Å². The zero-order chi connectivity index (χ0) is 19.1. The van der Waals surface area contributed by atoms with Gasteiger partial charge in [-0.15, -0.1) is 10.2 Å². The van der Waals surface area contributed by atoms with Gasteiger partial charge in [-0.25, -0.2) is 0 Å². The van der Waals surface area contributed by atoms with Gasteiger partial charge in [-0.3, -0.25) is 4.79 Å². The molecular weight excluding hydrogens is 424 g/mol. The Hall–Kier alpha value is -1.34. The molecule has 0 radical (unpaired) electrons. The number of carbonyl (C=O) groups is 1. The number of anilines is 1. The van der Waals surface area contributed by atoms with Gasteiger partial charge in [0, 0.05) is 23.1 Å². The number of nitrogens with one attached hydrogen (secondary N) is 1. The number of benzene rings is 1. The highest BCUT2D eigenvalue weighted by Crippen LogP contribution is 2.28. The first-order valence-corrected chi connectivity index (χ1v) is 11.5. The number of amides is 1. The van der Waals surface area contributed by atoms with Crippen molar-refractivity contribution in [1.82, 2.24) is 14.8 Å². The Balaban J connectivity index is 1.51. The average molecular weight is 451 g/mol. The van der Waals surface area contributed by atoms with Crippen LogP contribution in [0.15, 0.2) is 33.9 Å². The van der Waals surface area contributed by atoms with Crippen molar-refractivity contribution in [3.63, 3.8) is 0 Å². The minimum absolute atomic E-state index is 0.0308. The molecule has 5 nitrogen and oxygen atoms in total. The highest BCUT2D eigenvalue weighted by atomic mass is 79.9. The topological polar surface area (TPSA) is 59.8 Å². The third kappa shape index (κ3) is 6.07. The van der Waals surface area contributed by atoms with Gasteiger partial charge in [0.1, 0.15) is 5.82 Å². The van der Waals surface area contributed by atoms with Gasteiger partial charge in [0.2, 0.25) is 5.91 Å². The van der Waals surface area contributed by atoms with Crippen molar-refractivity contribution in [2.45, 2.75) is 63.6 Å². The number of nitrogens with zero attached hydrogens (tertiary/aromatic N) is 3. The first-order chi connectivity index (χ1) is 13.2. The predicted molar refractivity (Wildman–Crippen MR) is 114 cm³/mol. The second-order valence-electron chi connectivity index (χ2n) is 7.03. The Labute approximate surface area is 173 Å². The number of thioether (sulfide) groups is 1. The first kappa shape index (κ1) is 20.4. The monoisotopic (exact) mass is 450 g/mol. The number of hydrogen-bond donors (Lipinski definition) is 1. The standard InChI is InChI=1S/C20H27BrN4OS/c1-2-25-18(13-8-15-6-4-3-5-7-15)23-24-20(25)27-14-19(26)22-17-11-9-16(21)10-12-17/h9-12,15H,2-8,13-14H2,1H3,(H,22,26). The number of hydrogen-bond acceptors (Lipinski definition) is 4. The van der Waals surface area contributed by atoms with E-state index in [1.54, 1.807) is 0 Å². The molecule has 0 atom stereocenters. The van der Waals surface area contributed by atoms with Crippen LogP contribution in [0.4, 0.5) is 5.69 Å². The molecule has 1 fully saturated rings. The largest absolute Gasteiger partial charge is 0.325 e. The van der Waals surface area contributed by atoms with Gasteiger partial charge in [0.05, 0.1) is 5.75 Å². The van der Waals surface area contributed by atoms with Gasteiger partial charge in [0.15, 0.2) is 5.16 Å².